The predicted octanol–water partition coefficient (Wildman–Crippen LogP) is 4.62. The summed E-state index contributed by atoms with van der Waals surface area (Å²) >= 11 is 0. The number of phenolic OH excluding ortho intramolecular Hbond substituents is 2. The summed E-state index contributed by atoms with van der Waals surface area (Å²) in [5.41, 5.74) is 1.81. The molecule has 3 atom stereocenters. The van der Waals surface area contributed by atoms with E-state index in [4.69, 9.17) is 9.47 Å². The van der Waals surface area contributed by atoms with Gasteiger partial charge in [-0.1, -0.05) is 55.8 Å². The molecule has 1 fully saturated rings. The van der Waals surface area contributed by atoms with Crippen LogP contribution in [0.25, 0.3) is 0 Å². The van der Waals surface area contributed by atoms with Crippen molar-refractivity contribution >= 4 is 11.7 Å². The number of unbranched alkanes of at least 4 members (excludes halogenated alkanes) is 1. The Hall–Kier alpha value is -3.55. The van der Waals surface area contributed by atoms with Crippen LogP contribution in [0.1, 0.15) is 53.2 Å². The smallest absolute Gasteiger partial charge is 0.338 e. The summed E-state index contributed by atoms with van der Waals surface area (Å²) in [5.74, 6) is -0.381. The number of esters is 1. The third-order valence-electron chi connectivity index (χ3n) is 7.11. The van der Waals surface area contributed by atoms with Gasteiger partial charge in [-0.25, -0.2) is 4.79 Å². The molecule has 7 heteroatoms. The zero-order valence-corrected chi connectivity index (χ0v) is 20.3. The van der Waals surface area contributed by atoms with Crippen molar-refractivity contribution in [1.82, 2.24) is 0 Å². The maximum Gasteiger partial charge on any atom is 0.338 e. The highest BCUT2D eigenvalue weighted by molar-refractivity contribution is 5.89. The van der Waals surface area contributed by atoms with E-state index in [0.717, 1.165) is 24.1 Å². The van der Waals surface area contributed by atoms with Crippen molar-refractivity contribution < 1.29 is 29.6 Å². The second kappa shape index (κ2) is 9.84. The number of ether oxygens (including phenoxy) is 2. The van der Waals surface area contributed by atoms with Crippen LogP contribution in [0, 0.1) is 0 Å². The number of hydrogen-bond donors (Lipinski definition) is 3. The van der Waals surface area contributed by atoms with Crippen LogP contribution >= 0.6 is 0 Å². The normalized spacial score (nSPS) is 22.3. The number of nitrogens with zero attached hydrogens (tertiary/aromatic N) is 1. The SMILES string of the molecule is CCCCc1ccc(O)c(CN2c3ccccc3[C@]3(O)C[C@H](COC(=O)c4ccccc4)O[C@H]23)c1O. The molecular formula is C29H31NO6. The van der Waals surface area contributed by atoms with E-state index < -0.39 is 23.9 Å². The lowest BCUT2D eigenvalue weighted by Gasteiger charge is -2.30. The number of phenols is 2. The van der Waals surface area contributed by atoms with Crippen LogP contribution in [0.4, 0.5) is 5.69 Å². The van der Waals surface area contributed by atoms with Gasteiger partial charge in [0.1, 0.15) is 23.7 Å². The molecule has 0 radical (unpaired) electrons. The summed E-state index contributed by atoms with van der Waals surface area (Å²) in [6.07, 6.45) is 1.62. The summed E-state index contributed by atoms with van der Waals surface area (Å²) in [5, 5.41) is 33.3. The first-order valence-corrected chi connectivity index (χ1v) is 12.4. The molecule has 0 aromatic heterocycles. The zero-order valence-electron chi connectivity index (χ0n) is 20.3. The number of aromatic hydroxyl groups is 2. The average molecular weight is 490 g/mol. The fourth-order valence-electron chi connectivity index (χ4n) is 5.24. The van der Waals surface area contributed by atoms with E-state index >= 15 is 0 Å². The van der Waals surface area contributed by atoms with Gasteiger partial charge in [0.25, 0.3) is 0 Å². The third-order valence-corrected chi connectivity index (χ3v) is 7.11. The van der Waals surface area contributed by atoms with Crippen molar-refractivity contribution in [2.24, 2.45) is 0 Å². The van der Waals surface area contributed by atoms with Gasteiger partial charge < -0.3 is 29.7 Å². The minimum Gasteiger partial charge on any atom is -0.507 e. The molecule has 0 saturated carbocycles. The monoisotopic (exact) mass is 489 g/mol. The lowest BCUT2D eigenvalue weighted by atomic mass is 9.91. The molecule has 0 spiro atoms. The van der Waals surface area contributed by atoms with Crippen LogP contribution in [0.15, 0.2) is 66.7 Å². The number of rotatable bonds is 8. The fraction of sp³-hybridized carbons (Fsp3) is 0.345. The summed E-state index contributed by atoms with van der Waals surface area (Å²) in [7, 11) is 0. The first kappa shape index (κ1) is 24.2. The van der Waals surface area contributed by atoms with Crippen molar-refractivity contribution in [2.45, 2.75) is 57.1 Å². The summed E-state index contributed by atoms with van der Waals surface area (Å²) in [4.78, 5) is 14.3. The van der Waals surface area contributed by atoms with E-state index in [9.17, 15) is 20.1 Å². The quantitative estimate of drug-likeness (QED) is 0.397. The molecule has 0 amide bonds. The van der Waals surface area contributed by atoms with Crippen molar-refractivity contribution in [3.63, 3.8) is 0 Å². The molecule has 2 aliphatic rings. The molecule has 5 rings (SSSR count). The number of anilines is 1. The van der Waals surface area contributed by atoms with Gasteiger partial charge in [0.2, 0.25) is 0 Å². The van der Waals surface area contributed by atoms with Gasteiger partial charge in [-0.2, -0.15) is 0 Å². The van der Waals surface area contributed by atoms with Crippen LogP contribution < -0.4 is 4.90 Å². The van der Waals surface area contributed by atoms with Gasteiger partial charge in [0.05, 0.1) is 23.8 Å². The Morgan fingerprint density at radius 3 is 2.61 bits per heavy atom. The van der Waals surface area contributed by atoms with Gasteiger partial charge in [0, 0.05) is 17.7 Å². The summed E-state index contributed by atoms with van der Waals surface area (Å²) in [6.45, 7) is 2.25. The number of carbonyl (C=O) groups is 1. The largest absolute Gasteiger partial charge is 0.507 e. The van der Waals surface area contributed by atoms with E-state index in [1.54, 1.807) is 36.4 Å². The van der Waals surface area contributed by atoms with Gasteiger partial charge in [0.15, 0.2) is 6.23 Å². The van der Waals surface area contributed by atoms with Gasteiger partial charge in [-0.15, -0.1) is 0 Å². The Morgan fingerprint density at radius 2 is 1.83 bits per heavy atom. The topological polar surface area (TPSA) is 99.5 Å². The Balaban J connectivity index is 1.39. The molecule has 3 aromatic carbocycles. The lowest BCUT2D eigenvalue weighted by Crippen LogP contribution is -2.41. The molecule has 3 N–H and O–H groups in total. The molecule has 0 unspecified atom stereocenters. The van der Waals surface area contributed by atoms with E-state index in [1.165, 1.54) is 0 Å². The van der Waals surface area contributed by atoms with E-state index in [-0.39, 0.29) is 31.1 Å². The highest BCUT2D eigenvalue weighted by atomic mass is 16.6. The maximum absolute atomic E-state index is 12.4. The second-order valence-electron chi connectivity index (χ2n) is 9.52. The lowest BCUT2D eigenvalue weighted by molar-refractivity contribution is -0.0510. The van der Waals surface area contributed by atoms with Gasteiger partial charge in [-0.05, 0) is 42.7 Å². The summed E-state index contributed by atoms with van der Waals surface area (Å²) in [6, 6.07) is 19.6. The minimum atomic E-state index is -1.31. The Kier molecular flexibility index (Phi) is 6.60. The van der Waals surface area contributed by atoms with E-state index in [1.807, 2.05) is 35.2 Å². The van der Waals surface area contributed by atoms with Crippen molar-refractivity contribution in [2.75, 3.05) is 11.5 Å². The second-order valence-corrected chi connectivity index (χ2v) is 9.52. The van der Waals surface area contributed by atoms with Gasteiger partial charge in [-0.3, -0.25) is 0 Å². The Labute approximate surface area is 210 Å². The van der Waals surface area contributed by atoms with E-state index in [2.05, 4.69) is 6.92 Å². The Morgan fingerprint density at radius 1 is 1.08 bits per heavy atom. The molecular weight excluding hydrogens is 458 g/mol. The standard InChI is InChI=1S/C29H31NO6/c1-2-3-9-19-14-15-25(31)22(26(19)32)17-30-24-13-8-7-12-23(24)29(34)16-21(36-28(29)30)18-35-27(33)20-10-5-4-6-11-20/h4-8,10-15,21,28,31-32,34H,2-3,9,16-18H2,1H3/t21-,28+,29-/m1/s1. The first-order chi connectivity index (χ1) is 17.4. The predicted molar refractivity (Wildman–Crippen MR) is 135 cm³/mol. The molecule has 36 heavy (non-hydrogen) atoms. The van der Waals surface area contributed by atoms with E-state index in [0.29, 0.717) is 23.1 Å². The number of aliphatic hydroxyl groups is 1. The number of benzene rings is 3. The average Bonchev–Trinajstić information content (AvgIpc) is 3.34. The summed E-state index contributed by atoms with van der Waals surface area (Å²) < 4.78 is 11.7. The molecule has 3 aromatic rings. The molecule has 188 valence electrons. The molecule has 1 saturated heterocycles. The van der Waals surface area contributed by atoms with Crippen LogP contribution in [0.5, 0.6) is 11.5 Å². The molecule has 2 heterocycles. The molecule has 2 aliphatic heterocycles. The minimum absolute atomic E-state index is 0.00550. The van der Waals surface area contributed by atoms with Crippen LogP contribution in [-0.4, -0.2) is 40.2 Å². The van der Waals surface area contributed by atoms with Crippen LogP contribution in [0.3, 0.4) is 0 Å². The third kappa shape index (κ3) is 4.29. The zero-order chi connectivity index (χ0) is 25.3. The first-order valence-electron chi connectivity index (χ1n) is 12.4. The molecule has 7 nitrogen and oxygen atoms in total. The maximum atomic E-state index is 12.4. The van der Waals surface area contributed by atoms with Crippen molar-refractivity contribution in [3.05, 3.63) is 89.0 Å². The van der Waals surface area contributed by atoms with Gasteiger partial charge >= 0.3 is 5.97 Å². The molecule has 0 aliphatic carbocycles. The highest BCUT2D eigenvalue weighted by Crippen LogP contribution is 2.52. The van der Waals surface area contributed by atoms with Crippen molar-refractivity contribution in [1.29, 1.82) is 0 Å². The number of carbonyl (C=O) groups excluding carboxylic acids is 1. The number of fused-ring (bicyclic) bond motifs is 3. The van der Waals surface area contributed by atoms with Crippen LogP contribution in [0.2, 0.25) is 0 Å². The number of para-hydroxylation sites is 1. The van der Waals surface area contributed by atoms with Crippen LogP contribution in [-0.2, 0) is 28.0 Å². The Bertz CT molecular complexity index is 1250. The highest BCUT2D eigenvalue weighted by Gasteiger charge is 2.57. The fourth-order valence-corrected chi connectivity index (χ4v) is 5.24. The number of hydrogen-bond acceptors (Lipinski definition) is 7. The molecule has 0 bridgehead atoms. The number of aryl methyl sites for hydroxylation is 1. The van der Waals surface area contributed by atoms with Crippen molar-refractivity contribution in [3.8, 4) is 11.5 Å².